The van der Waals surface area contributed by atoms with E-state index in [4.69, 9.17) is 14.2 Å². The number of aryl methyl sites for hydroxylation is 1. The van der Waals surface area contributed by atoms with Crippen LogP contribution in [0, 0.1) is 6.92 Å². The molecule has 41 heavy (non-hydrogen) atoms. The highest BCUT2D eigenvalue weighted by Gasteiger charge is 2.34. The van der Waals surface area contributed by atoms with Crippen LogP contribution in [-0.2, 0) is 9.53 Å². The maximum absolute atomic E-state index is 13.9. The van der Waals surface area contributed by atoms with E-state index >= 15 is 0 Å². The molecular weight excluding hydrogens is 538 g/mol. The molecule has 1 aromatic heterocycles. The fourth-order valence-electron chi connectivity index (χ4n) is 4.98. The molecular formula is C32H33N3O5S. The molecule has 0 bridgehead atoms. The van der Waals surface area contributed by atoms with Crippen LogP contribution in [0.25, 0.3) is 6.08 Å². The number of carbonyl (C=O) groups is 1. The van der Waals surface area contributed by atoms with Gasteiger partial charge in [-0.25, -0.2) is 9.79 Å². The molecule has 8 nitrogen and oxygen atoms in total. The standard InChI is InChI=1S/C32H33N3O5S/c1-7-20(4)34(24-13-9-19(3)10-14-24)21(5)11-16-27-30(36)35-29(23-12-15-25-26(17-23)40-18-39-25)28(31(37)38-8-2)22(6)33-32(35)41-27/h7,9-17,29H,8,18H2,1-6H3/b20-7-,21-11+,27-16-. The Labute approximate surface area is 242 Å². The number of carbonyl (C=O) groups excluding carboxylic acids is 1. The Balaban J connectivity index is 1.63. The summed E-state index contributed by atoms with van der Waals surface area (Å²) in [5.41, 5.74) is 5.54. The highest BCUT2D eigenvalue weighted by molar-refractivity contribution is 7.07. The number of aromatic nitrogens is 1. The zero-order chi connectivity index (χ0) is 29.3. The van der Waals surface area contributed by atoms with Gasteiger partial charge in [0.15, 0.2) is 16.3 Å². The molecule has 9 heteroatoms. The van der Waals surface area contributed by atoms with Crippen LogP contribution in [-0.4, -0.2) is 23.9 Å². The molecule has 5 rings (SSSR count). The van der Waals surface area contributed by atoms with Crippen molar-refractivity contribution in [2.24, 2.45) is 4.99 Å². The van der Waals surface area contributed by atoms with Crippen molar-refractivity contribution in [1.29, 1.82) is 0 Å². The van der Waals surface area contributed by atoms with Gasteiger partial charge in [0, 0.05) is 17.1 Å². The molecule has 0 aliphatic carbocycles. The van der Waals surface area contributed by atoms with E-state index in [2.05, 4.69) is 54.1 Å². The number of benzene rings is 2. The number of allylic oxidation sites excluding steroid dienone is 5. The van der Waals surface area contributed by atoms with Crippen LogP contribution in [0.2, 0.25) is 0 Å². The van der Waals surface area contributed by atoms with E-state index < -0.39 is 12.0 Å². The summed E-state index contributed by atoms with van der Waals surface area (Å²) >= 11 is 1.29. The largest absolute Gasteiger partial charge is 0.463 e. The van der Waals surface area contributed by atoms with Gasteiger partial charge in [0.1, 0.15) is 0 Å². The zero-order valence-corrected chi connectivity index (χ0v) is 24.9. The lowest BCUT2D eigenvalue weighted by Crippen LogP contribution is -2.39. The minimum absolute atomic E-state index is 0.124. The van der Waals surface area contributed by atoms with E-state index in [0.29, 0.717) is 37.7 Å². The Morgan fingerprint density at radius 3 is 2.56 bits per heavy atom. The van der Waals surface area contributed by atoms with Gasteiger partial charge in [-0.1, -0.05) is 41.2 Å². The van der Waals surface area contributed by atoms with Crippen LogP contribution in [0.5, 0.6) is 11.5 Å². The SMILES string of the molecule is C/C=C(/C)N(/C(C)=C/C=c1\sc2n(c1=O)C(c1ccc3c(c1)OCO3)C(C(=O)OCC)=C(C)N=2)c1ccc(C)cc1. The number of fused-ring (bicyclic) bond motifs is 2. The van der Waals surface area contributed by atoms with Crippen molar-refractivity contribution in [2.75, 3.05) is 18.3 Å². The average Bonchev–Trinajstić information content (AvgIpc) is 3.55. The first-order valence-corrected chi connectivity index (χ1v) is 14.3. The third-order valence-electron chi connectivity index (χ3n) is 7.12. The lowest BCUT2D eigenvalue weighted by molar-refractivity contribution is -0.139. The summed E-state index contributed by atoms with van der Waals surface area (Å²) < 4.78 is 18.5. The summed E-state index contributed by atoms with van der Waals surface area (Å²) in [6.45, 7) is 12.0. The Morgan fingerprint density at radius 1 is 1.12 bits per heavy atom. The van der Waals surface area contributed by atoms with E-state index in [0.717, 1.165) is 17.1 Å². The lowest BCUT2D eigenvalue weighted by atomic mass is 9.95. The van der Waals surface area contributed by atoms with Crippen LogP contribution in [0.3, 0.4) is 0 Å². The van der Waals surface area contributed by atoms with Gasteiger partial charge in [-0.15, -0.1) is 0 Å². The number of anilines is 1. The van der Waals surface area contributed by atoms with Crippen molar-refractivity contribution in [3.63, 3.8) is 0 Å². The smallest absolute Gasteiger partial charge is 0.338 e. The Bertz CT molecular complexity index is 1780. The number of rotatable bonds is 7. The van der Waals surface area contributed by atoms with Gasteiger partial charge in [0.25, 0.3) is 5.56 Å². The fraction of sp³-hybridized carbons (Fsp3) is 0.281. The van der Waals surface area contributed by atoms with Crippen LogP contribution in [0.15, 0.2) is 87.1 Å². The van der Waals surface area contributed by atoms with E-state index in [1.807, 2.05) is 38.1 Å². The van der Waals surface area contributed by atoms with E-state index in [1.165, 1.54) is 16.9 Å². The Hall–Kier alpha value is -4.37. The molecule has 2 aliphatic rings. The molecule has 0 N–H and O–H groups in total. The number of thiazole rings is 1. The molecule has 2 aromatic carbocycles. The van der Waals surface area contributed by atoms with E-state index in [-0.39, 0.29) is 19.0 Å². The summed E-state index contributed by atoms with van der Waals surface area (Å²) in [6.07, 6.45) is 5.81. The zero-order valence-electron chi connectivity index (χ0n) is 24.1. The summed E-state index contributed by atoms with van der Waals surface area (Å²) in [4.78, 5) is 34.4. The molecule has 2 aliphatic heterocycles. The summed E-state index contributed by atoms with van der Waals surface area (Å²) in [5.74, 6) is 0.684. The van der Waals surface area contributed by atoms with Crippen molar-refractivity contribution in [2.45, 2.75) is 47.6 Å². The summed E-state index contributed by atoms with van der Waals surface area (Å²) in [5, 5.41) is 0. The van der Waals surface area contributed by atoms with Crippen molar-refractivity contribution in [3.05, 3.63) is 108 Å². The minimum atomic E-state index is -0.721. The average molecular weight is 572 g/mol. The highest BCUT2D eigenvalue weighted by atomic mass is 32.1. The van der Waals surface area contributed by atoms with Gasteiger partial charge < -0.3 is 19.1 Å². The topological polar surface area (TPSA) is 82.4 Å². The maximum atomic E-state index is 13.9. The second-order valence-electron chi connectivity index (χ2n) is 9.85. The van der Waals surface area contributed by atoms with Crippen molar-refractivity contribution in [3.8, 4) is 11.5 Å². The number of ether oxygens (including phenoxy) is 3. The second kappa shape index (κ2) is 11.6. The number of esters is 1. The minimum Gasteiger partial charge on any atom is -0.463 e. The van der Waals surface area contributed by atoms with E-state index in [9.17, 15) is 9.59 Å². The molecule has 3 aromatic rings. The van der Waals surface area contributed by atoms with Crippen molar-refractivity contribution in [1.82, 2.24) is 4.57 Å². The first-order chi connectivity index (χ1) is 19.7. The van der Waals surface area contributed by atoms with Crippen molar-refractivity contribution >= 4 is 29.1 Å². The third kappa shape index (κ3) is 5.37. The molecule has 0 spiro atoms. The summed E-state index contributed by atoms with van der Waals surface area (Å²) in [7, 11) is 0. The van der Waals surface area contributed by atoms with Gasteiger partial charge in [0.2, 0.25) is 6.79 Å². The fourth-order valence-corrected chi connectivity index (χ4v) is 5.97. The maximum Gasteiger partial charge on any atom is 0.338 e. The van der Waals surface area contributed by atoms with Gasteiger partial charge in [-0.2, -0.15) is 0 Å². The van der Waals surface area contributed by atoms with Crippen LogP contribution >= 0.6 is 11.3 Å². The molecule has 1 unspecified atom stereocenters. The van der Waals surface area contributed by atoms with Gasteiger partial charge in [0.05, 0.1) is 28.5 Å². The molecule has 0 saturated carbocycles. The third-order valence-corrected chi connectivity index (χ3v) is 8.12. The quantitative estimate of drug-likeness (QED) is 0.366. The first kappa shape index (κ1) is 28.2. The predicted octanol–water partition coefficient (Wildman–Crippen LogP) is 5.12. The van der Waals surface area contributed by atoms with Gasteiger partial charge >= 0.3 is 5.97 Å². The van der Waals surface area contributed by atoms with Crippen molar-refractivity contribution < 1.29 is 19.0 Å². The molecule has 0 amide bonds. The molecule has 1 atom stereocenters. The molecule has 0 saturated heterocycles. The van der Waals surface area contributed by atoms with Gasteiger partial charge in [-0.05, 0) is 83.5 Å². The monoisotopic (exact) mass is 571 g/mol. The van der Waals surface area contributed by atoms with Gasteiger partial charge in [-0.3, -0.25) is 9.36 Å². The highest BCUT2D eigenvalue weighted by Crippen LogP contribution is 2.38. The van der Waals surface area contributed by atoms with E-state index in [1.54, 1.807) is 24.5 Å². The number of hydrogen-bond donors (Lipinski definition) is 0. The first-order valence-electron chi connectivity index (χ1n) is 13.5. The Kier molecular flexibility index (Phi) is 7.99. The van der Waals surface area contributed by atoms with Crippen LogP contribution in [0.4, 0.5) is 5.69 Å². The number of hydrogen-bond acceptors (Lipinski definition) is 8. The predicted molar refractivity (Wildman–Crippen MR) is 161 cm³/mol. The molecule has 0 fully saturated rings. The van der Waals surface area contributed by atoms with Crippen LogP contribution in [0.1, 0.15) is 51.8 Å². The summed E-state index contributed by atoms with van der Waals surface area (Å²) in [6, 6.07) is 13.0. The normalized spacial score (nSPS) is 16.9. The molecule has 3 heterocycles. The molecule has 0 radical (unpaired) electrons. The lowest BCUT2D eigenvalue weighted by Gasteiger charge is -2.26. The number of nitrogens with zero attached hydrogens (tertiary/aromatic N) is 3. The Morgan fingerprint density at radius 2 is 1.85 bits per heavy atom. The van der Waals surface area contributed by atoms with Crippen LogP contribution < -0.4 is 29.3 Å². The molecule has 212 valence electrons. The second-order valence-corrected chi connectivity index (χ2v) is 10.9.